The molecule has 0 bridgehead atoms. The summed E-state index contributed by atoms with van der Waals surface area (Å²) >= 11 is 0. The van der Waals surface area contributed by atoms with E-state index >= 15 is 0 Å². The average Bonchev–Trinajstić information content (AvgIpc) is 2.59. The maximum absolute atomic E-state index is 11.4. The zero-order valence-electron chi connectivity index (χ0n) is 15.5. The molecule has 0 spiro atoms. The van der Waals surface area contributed by atoms with Gasteiger partial charge in [-0.15, -0.1) is 0 Å². The molecule has 0 heterocycles. The fourth-order valence-corrected chi connectivity index (χ4v) is 2.49. The normalized spacial score (nSPS) is 12.1. The predicted molar refractivity (Wildman–Crippen MR) is 96.0 cm³/mol. The van der Waals surface area contributed by atoms with Gasteiger partial charge in [-0.05, 0) is 31.6 Å². The molecule has 0 saturated heterocycles. The van der Waals surface area contributed by atoms with E-state index in [1.165, 1.54) is 12.8 Å². The van der Waals surface area contributed by atoms with Gasteiger partial charge in [-0.3, -0.25) is 0 Å². The zero-order valence-corrected chi connectivity index (χ0v) is 15.5. The molecule has 0 aromatic rings. The van der Waals surface area contributed by atoms with Crippen LogP contribution in [0, 0.1) is 5.92 Å². The molecule has 0 aliphatic carbocycles. The standard InChI is InChI=1S/C19H38O5/c1-18(17-21)13-9-5-8-12-16-24-19(22)23-15-11-7-4-2-3-6-10-14-20/h18,20-21H,2-17H2,1H3. The summed E-state index contributed by atoms with van der Waals surface area (Å²) in [5, 5.41) is 17.6. The minimum absolute atomic E-state index is 0.263. The summed E-state index contributed by atoms with van der Waals surface area (Å²) < 4.78 is 10.1. The zero-order chi connectivity index (χ0) is 17.9. The first kappa shape index (κ1) is 23.2. The highest BCUT2D eigenvalue weighted by molar-refractivity contribution is 5.59. The maximum atomic E-state index is 11.4. The van der Waals surface area contributed by atoms with Crippen molar-refractivity contribution in [3.8, 4) is 0 Å². The van der Waals surface area contributed by atoms with E-state index in [2.05, 4.69) is 6.92 Å². The van der Waals surface area contributed by atoms with Gasteiger partial charge < -0.3 is 19.7 Å². The average molecular weight is 347 g/mol. The fraction of sp³-hybridized carbons (Fsp3) is 0.947. The molecule has 1 unspecified atom stereocenters. The largest absolute Gasteiger partial charge is 0.508 e. The van der Waals surface area contributed by atoms with Crippen LogP contribution in [0.1, 0.15) is 84.0 Å². The summed E-state index contributed by atoms with van der Waals surface area (Å²) in [7, 11) is 0. The molecule has 5 nitrogen and oxygen atoms in total. The van der Waals surface area contributed by atoms with Crippen molar-refractivity contribution < 1.29 is 24.5 Å². The predicted octanol–water partition coefficient (Wildman–Crippen LogP) is 4.44. The number of unbranched alkanes of at least 4 members (excludes halogenated alkanes) is 9. The Balaban J connectivity index is 3.19. The van der Waals surface area contributed by atoms with Crippen molar-refractivity contribution >= 4 is 6.16 Å². The number of hydrogen-bond acceptors (Lipinski definition) is 5. The summed E-state index contributed by atoms with van der Waals surface area (Å²) in [5.41, 5.74) is 0. The molecule has 0 saturated carbocycles. The minimum Gasteiger partial charge on any atom is -0.434 e. The Hall–Kier alpha value is -0.810. The van der Waals surface area contributed by atoms with E-state index in [-0.39, 0.29) is 6.61 Å². The van der Waals surface area contributed by atoms with Gasteiger partial charge in [0.1, 0.15) is 0 Å². The molecule has 0 aromatic heterocycles. The number of rotatable bonds is 17. The van der Waals surface area contributed by atoms with Gasteiger partial charge in [-0.1, -0.05) is 58.3 Å². The molecule has 144 valence electrons. The van der Waals surface area contributed by atoms with Crippen LogP contribution in [0.2, 0.25) is 0 Å². The van der Waals surface area contributed by atoms with Crippen molar-refractivity contribution in [1.82, 2.24) is 0 Å². The van der Waals surface area contributed by atoms with Gasteiger partial charge in [0.15, 0.2) is 0 Å². The molecule has 0 radical (unpaired) electrons. The van der Waals surface area contributed by atoms with Crippen molar-refractivity contribution in [2.24, 2.45) is 5.92 Å². The van der Waals surface area contributed by atoms with Crippen LogP contribution < -0.4 is 0 Å². The smallest absolute Gasteiger partial charge is 0.434 e. The second-order valence-electron chi connectivity index (χ2n) is 6.64. The SMILES string of the molecule is CC(CO)CCCCCCOC(=O)OCCCCCCCCCO. The third kappa shape index (κ3) is 17.5. The molecule has 24 heavy (non-hydrogen) atoms. The summed E-state index contributed by atoms with van der Waals surface area (Å²) in [6, 6.07) is 0. The molecule has 0 rings (SSSR count). The van der Waals surface area contributed by atoms with Gasteiger partial charge in [-0.25, -0.2) is 4.79 Å². The first-order valence-corrected chi connectivity index (χ1v) is 9.72. The number of aliphatic hydroxyl groups is 2. The van der Waals surface area contributed by atoms with Crippen LogP contribution in [0.3, 0.4) is 0 Å². The van der Waals surface area contributed by atoms with E-state index in [9.17, 15) is 4.79 Å². The number of hydrogen-bond donors (Lipinski definition) is 2. The third-order valence-electron chi connectivity index (χ3n) is 4.15. The molecular weight excluding hydrogens is 308 g/mol. The molecular formula is C19H38O5. The fourth-order valence-electron chi connectivity index (χ4n) is 2.49. The number of ether oxygens (including phenoxy) is 2. The Morgan fingerprint density at radius 2 is 1.21 bits per heavy atom. The lowest BCUT2D eigenvalue weighted by molar-refractivity contribution is 0.0528. The highest BCUT2D eigenvalue weighted by atomic mass is 16.7. The van der Waals surface area contributed by atoms with Crippen LogP contribution in [0.5, 0.6) is 0 Å². The van der Waals surface area contributed by atoms with Crippen LogP contribution in [-0.4, -0.2) is 42.8 Å². The summed E-state index contributed by atoms with van der Waals surface area (Å²) in [5.74, 6) is 0.386. The quantitative estimate of drug-likeness (QED) is 0.301. The van der Waals surface area contributed by atoms with Gasteiger partial charge in [0, 0.05) is 13.2 Å². The summed E-state index contributed by atoms with van der Waals surface area (Å²) in [4.78, 5) is 11.4. The molecule has 0 aliphatic heterocycles. The number of carbonyl (C=O) groups is 1. The van der Waals surface area contributed by atoms with E-state index in [1.54, 1.807) is 0 Å². The van der Waals surface area contributed by atoms with E-state index in [0.29, 0.717) is 25.7 Å². The second-order valence-corrected chi connectivity index (χ2v) is 6.64. The lowest BCUT2D eigenvalue weighted by atomic mass is 10.0. The molecule has 2 N–H and O–H groups in total. The monoisotopic (exact) mass is 346 g/mol. The lowest BCUT2D eigenvalue weighted by Gasteiger charge is -2.08. The highest BCUT2D eigenvalue weighted by Gasteiger charge is 2.03. The van der Waals surface area contributed by atoms with Crippen LogP contribution in [0.4, 0.5) is 4.79 Å². The molecule has 0 amide bonds. The van der Waals surface area contributed by atoms with Gasteiger partial charge in [0.25, 0.3) is 0 Å². The summed E-state index contributed by atoms with van der Waals surface area (Å²) in [6.07, 6.45) is 12.1. The highest BCUT2D eigenvalue weighted by Crippen LogP contribution is 2.10. The minimum atomic E-state index is -0.549. The second kappa shape index (κ2) is 18.5. The number of aliphatic hydroxyl groups excluding tert-OH is 2. The van der Waals surface area contributed by atoms with Crippen LogP contribution >= 0.6 is 0 Å². The molecule has 5 heteroatoms. The van der Waals surface area contributed by atoms with E-state index in [1.807, 2.05) is 0 Å². The van der Waals surface area contributed by atoms with Crippen molar-refractivity contribution in [2.75, 3.05) is 26.4 Å². The molecule has 0 fully saturated rings. The van der Waals surface area contributed by atoms with Gasteiger partial charge in [-0.2, -0.15) is 0 Å². The van der Waals surface area contributed by atoms with E-state index < -0.39 is 6.16 Å². The Kier molecular flexibility index (Phi) is 17.9. The molecule has 0 aromatic carbocycles. The Labute approximate surface area is 147 Å². The molecule has 0 aliphatic rings. The summed E-state index contributed by atoms with van der Waals surface area (Å²) in [6.45, 7) is 3.47. The number of carbonyl (C=O) groups excluding carboxylic acids is 1. The third-order valence-corrected chi connectivity index (χ3v) is 4.15. The lowest BCUT2D eigenvalue weighted by Crippen LogP contribution is -2.09. The van der Waals surface area contributed by atoms with Crippen molar-refractivity contribution in [3.05, 3.63) is 0 Å². The van der Waals surface area contributed by atoms with Gasteiger partial charge in [0.2, 0.25) is 0 Å². The van der Waals surface area contributed by atoms with E-state index in [4.69, 9.17) is 19.7 Å². The van der Waals surface area contributed by atoms with Crippen LogP contribution in [-0.2, 0) is 9.47 Å². The van der Waals surface area contributed by atoms with Crippen molar-refractivity contribution in [1.29, 1.82) is 0 Å². The van der Waals surface area contributed by atoms with Gasteiger partial charge in [0.05, 0.1) is 13.2 Å². The Morgan fingerprint density at radius 1 is 0.750 bits per heavy atom. The van der Waals surface area contributed by atoms with Crippen molar-refractivity contribution in [3.63, 3.8) is 0 Å². The van der Waals surface area contributed by atoms with Crippen LogP contribution in [0.25, 0.3) is 0 Å². The van der Waals surface area contributed by atoms with Gasteiger partial charge >= 0.3 is 6.16 Å². The van der Waals surface area contributed by atoms with Crippen molar-refractivity contribution in [2.45, 2.75) is 84.0 Å². The first-order valence-electron chi connectivity index (χ1n) is 9.72. The Bertz CT molecular complexity index is 270. The first-order chi connectivity index (χ1) is 11.7. The van der Waals surface area contributed by atoms with Crippen LogP contribution in [0.15, 0.2) is 0 Å². The Morgan fingerprint density at radius 3 is 1.71 bits per heavy atom. The molecule has 1 atom stereocenters. The maximum Gasteiger partial charge on any atom is 0.508 e. The van der Waals surface area contributed by atoms with E-state index in [0.717, 1.165) is 64.2 Å². The topological polar surface area (TPSA) is 76.0 Å².